The molecule has 0 saturated carbocycles. The molecule has 0 unspecified atom stereocenters. The summed E-state index contributed by atoms with van der Waals surface area (Å²) < 4.78 is 3.34. The van der Waals surface area contributed by atoms with Gasteiger partial charge in [0.25, 0.3) is 0 Å². The molecule has 104 valence electrons. The molecule has 3 nitrogen and oxygen atoms in total. The van der Waals surface area contributed by atoms with Crippen molar-refractivity contribution in [2.24, 2.45) is 0 Å². The van der Waals surface area contributed by atoms with Gasteiger partial charge >= 0.3 is 0 Å². The molecule has 3 aromatic rings. The molecule has 2 heterocycles. The first-order valence-corrected chi connectivity index (χ1v) is 8.51. The number of aromatic nitrogens is 2. The van der Waals surface area contributed by atoms with Crippen molar-refractivity contribution in [3.63, 3.8) is 0 Å². The van der Waals surface area contributed by atoms with E-state index in [-0.39, 0.29) is 0 Å². The zero-order chi connectivity index (χ0) is 14.3. The van der Waals surface area contributed by atoms with Crippen LogP contribution in [0.25, 0.3) is 4.96 Å². The summed E-state index contributed by atoms with van der Waals surface area (Å²) in [5.74, 6) is 0. The Morgan fingerprint density at radius 3 is 2.95 bits per heavy atom. The zero-order valence-corrected chi connectivity index (χ0v) is 14.8. The van der Waals surface area contributed by atoms with Crippen LogP contribution in [0.4, 0.5) is 5.69 Å². The molecule has 0 fully saturated rings. The van der Waals surface area contributed by atoms with Crippen molar-refractivity contribution in [1.29, 1.82) is 0 Å². The van der Waals surface area contributed by atoms with E-state index in [1.807, 2.05) is 25.1 Å². The molecule has 0 atom stereocenters. The average Bonchev–Trinajstić information content (AvgIpc) is 2.89. The molecule has 0 aliphatic heterocycles. The van der Waals surface area contributed by atoms with Crippen LogP contribution in [0, 0.1) is 17.4 Å². The molecule has 0 radical (unpaired) electrons. The summed E-state index contributed by atoms with van der Waals surface area (Å²) in [4.78, 5) is 5.64. The molecular weight excluding hydrogens is 405 g/mol. The molecule has 0 aliphatic carbocycles. The molecule has 3 rings (SSSR count). The number of aryl methyl sites for hydroxylation is 2. The molecule has 0 aliphatic rings. The highest BCUT2D eigenvalue weighted by Crippen LogP contribution is 2.26. The van der Waals surface area contributed by atoms with Gasteiger partial charge in [-0.2, -0.15) is 0 Å². The lowest BCUT2D eigenvalue weighted by atomic mass is 10.3. The molecular formula is C14H13ClIN3S. The summed E-state index contributed by atoms with van der Waals surface area (Å²) in [6.07, 6.45) is 0. The largest absolute Gasteiger partial charge is 0.378 e. The molecule has 1 aromatic carbocycles. The third kappa shape index (κ3) is 2.54. The third-order valence-corrected chi connectivity index (χ3v) is 5.13. The van der Waals surface area contributed by atoms with Gasteiger partial charge in [0.2, 0.25) is 0 Å². The quantitative estimate of drug-likeness (QED) is 0.615. The average molecular weight is 418 g/mol. The van der Waals surface area contributed by atoms with E-state index in [4.69, 9.17) is 11.6 Å². The van der Waals surface area contributed by atoms with Crippen molar-refractivity contribution in [2.45, 2.75) is 20.4 Å². The zero-order valence-electron chi connectivity index (χ0n) is 11.1. The van der Waals surface area contributed by atoms with Crippen molar-refractivity contribution in [1.82, 2.24) is 9.38 Å². The SMILES string of the molecule is Cc1nc2scc(C)n2c1CNc1ccc(I)cc1Cl. The highest BCUT2D eigenvalue weighted by Gasteiger charge is 2.12. The number of imidazole rings is 1. The number of anilines is 1. The number of thiazole rings is 1. The minimum absolute atomic E-state index is 0.713. The number of hydrogen-bond donors (Lipinski definition) is 1. The topological polar surface area (TPSA) is 29.3 Å². The van der Waals surface area contributed by atoms with Gasteiger partial charge in [-0.3, -0.25) is 4.40 Å². The Morgan fingerprint density at radius 2 is 2.20 bits per heavy atom. The molecule has 0 bridgehead atoms. The predicted molar refractivity (Wildman–Crippen MR) is 94.0 cm³/mol. The summed E-state index contributed by atoms with van der Waals surface area (Å²) in [5, 5.41) is 6.28. The fraction of sp³-hybridized carbons (Fsp3) is 0.214. The van der Waals surface area contributed by atoms with Crippen molar-refractivity contribution >= 4 is 56.2 Å². The maximum atomic E-state index is 6.25. The minimum Gasteiger partial charge on any atom is -0.378 e. The number of nitrogens with one attached hydrogen (secondary N) is 1. The van der Waals surface area contributed by atoms with Gasteiger partial charge in [-0.1, -0.05) is 11.6 Å². The van der Waals surface area contributed by atoms with E-state index in [2.05, 4.69) is 49.6 Å². The van der Waals surface area contributed by atoms with Crippen LogP contribution in [0.2, 0.25) is 5.02 Å². The van der Waals surface area contributed by atoms with Gasteiger partial charge in [0, 0.05) is 14.6 Å². The van der Waals surface area contributed by atoms with Gasteiger partial charge in [-0.05, 0) is 54.6 Å². The van der Waals surface area contributed by atoms with E-state index in [0.717, 1.165) is 24.9 Å². The fourth-order valence-corrected chi connectivity index (χ4v) is 4.04. The Balaban J connectivity index is 1.90. The van der Waals surface area contributed by atoms with Gasteiger partial charge < -0.3 is 5.32 Å². The van der Waals surface area contributed by atoms with Crippen molar-refractivity contribution in [3.8, 4) is 0 Å². The van der Waals surface area contributed by atoms with E-state index in [1.54, 1.807) is 11.3 Å². The van der Waals surface area contributed by atoms with Crippen molar-refractivity contribution in [2.75, 3.05) is 5.32 Å². The fourth-order valence-electron chi connectivity index (χ4n) is 2.19. The number of fused-ring (bicyclic) bond motifs is 1. The van der Waals surface area contributed by atoms with Crippen LogP contribution < -0.4 is 5.32 Å². The number of hydrogen-bond acceptors (Lipinski definition) is 3. The van der Waals surface area contributed by atoms with Crippen LogP contribution in [0.1, 0.15) is 17.1 Å². The number of benzene rings is 1. The number of rotatable bonds is 3. The van der Waals surface area contributed by atoms with Crippen LogP contribution >= 0.6 is 45.5 Å². The van der Waals surface area contributed by atoms with Gasteiger partial charge in [-0.25, -0.2) is 4.98 Å². The molecule has 2 aromatic heterocycles. The second-order valence-corrected chi connectivity index (χ2v) is 7.11. The lowest BCUT2D eigenvalue weighted by Gasteiger charge is -2.09. The molecule has 20 heavy (non-hydrogen) atoms. The van der Waals surface area contributed by atoms with Crippen LogP contribution in [0.15, 0.2) is 23.6 Å². The maximum absolute atomic E-state index is 6.25. The van der Waals surface area contributed by atoms with E-state index < -0.39 is 0 Å². The molecule has 0 amide bonds. The van der Waals surface area contributed by atoms with Gasteiger partial charge in [0.1, 0.15) is 0 Å². The van der Waals surface area contributed by atoms with Gasteiger partial charge in [-0.15, -0.1) is 11.3 Å². The van der Waals surface area contributed by atoms with Gasteiger partial charge in [0.05, 0.1) is 28.6 Å². The third-order valence-electron chi connectivity index (χ3n) is 3.21. The monoisotopic (exact) mass is 417 g/mol. The summed E-state index contributed by atoms with van der Waals surface area (Å²) in [7, 11) is 0. The summed E-state index contributed by atoms with van der Waals surface area (Å²) in [5.41, 5.74) is 4.42. The summed E-state index contributed by atoms with van der Waals surface area (Å²) in [6, 6.07) is 6.01. The van der Waals surface area contributed by atoms with E-state index in [0.29, 0.717) is 6.54 Å². The lowest BCUT2D eigenvalue weighted by Crippen LogP contribution is -2.05. The number of halogens is 2. The molecule has 6 heteroatoms. The van der Waals surface area contributed by atoms with E-state index in [1.165, 1.54) is 11.4 Å². The lowest BCUT2D eigenvalue weighted by molar-refractivity contribution is 0.966. The second-order valence-electron chi connectivity index (χ2n) is 4.62. The maximum Gasteiger partial charge on any atom is 0.194 e. The Bertz CT molecular complexity index is 778. The Labute approximate surface area is 140 Å². The number of nitrogens with zero attached hydrogens (tertiary/aromatic N) is 2. The van der Waals surface area contributed by atoms with Crippen molar-refractivity contribution < 1.29 is 0 Å². The molecule has 0 spiro atoms. The van der Waals surface area contributed by atoms with Crippen LogP contribution in [0.5, 0.6) is 0 Å². The van der Waals surface area contributed by atoms with Crippen LogP contribution in [0.3, 0.4) is 0 Å². The first-order valence-electron chi connectivity index (χ1n) is 6.17. The highest BCUT2D eigenvalue weighted by atomic mass is 127. The standard InChI is InChI=1S/C14H13ClIN3S/c1-8-7-20-14-18-9(2)13(19(8)14)6-17-12-4-3-10(16)5-11(12)15/h3-5,7,17H,6H2,1-2H3. The van der Waals surface area contributed by atoms with Crippen LogP contribution in [-0.2, 0) is 6.54 Å². The normalized spacial score (nSPS) is 11.2. The molecule has 1 N–H and O–H groups in total. The second kappa shape index (κ2) is 5.54. The summed E-state index contributed by atoms with van der Waals surface area (Å²) >= 11 is 10.2. The predicted octanol–water partition coefficient (Wildman–Crippen LogP) is 4.88. The Hall–Kier alpha value is -0.790. The minimum atomic E-state index is 0.713. The van der Waals surface area contributed by atoms with Crippen molar-refractivity contribution in [3.05, 3.63) is 49.3 Å². The first kappa shape index (κ1) is 14.2. The Morgan fingerprint density at radius 1 is 1.40 bits per heavy atom. The smallest absolute Gasteiger partial charge is 0.194 e. The van der Waals surface area contributed by atoms with Gasteiger partial charge in [0.15, 0.2) is 4.96 Å². The summed E-state index contributed by atoms with van der Waals surface area (Å²) in [6.45, 7) is 4.86. The van der Waals surface area contributed by atoms with E-state index >= 15 is 0 Å². The first-order chi connectivity index (χ1) is 9.56. The highest BCUT2D eigenvalue weighted by molar-refractivity contribution is 14.1. The Kier molecular flexibility index (Phi) is 3.92. The molecule has 0 saturated heterocycles. The van der Waals surface area contributed by atoms with Crippen LogP contribution in [-0.4, -0.2) is 9.38 Å². The van der Waals surface area contributed by atoms with E-state index in [9.17, 15) is 0 Å².